The first kappa shape index (κ1) is 7.91. The normalized spacial score (nSPS) is 10.3. The maximum absolute atomic E-state index is 13.1. The Morgan fingerprint density at radius 3 is 2.69 bits per heavy atom. The molecular weight excluding hydrogens is 176 g/mol. The fourth-order valence-corrected chi connectivity index (χ4v) is 1.02. The fraction of sp³-hybridized carbons (Fsp3) is 0. The van der Waals surface area contributed by atoms with Gasteiger partial charge in [0.25, 0.3) is 0 Å². The van der Waals surface area contributed by atoms with Gasteiger partial charge >= 0.3 is 0 Å². The number of rotatable bonds is 1. The summed E-state index contributed by atoms with van der Waals surface area (Å²) in [5.74, 6) is -1.15. The highest BCUT2D eigenvalue weighted by molar-refractivity contribution is 5.53. The van der Waals surface area contributed by atoms with Crippen LogP contribution in [-0.4, -0.2) is 4.98 Å². The Balaban J connectivity index is 2.53. The van der Waals surface area contributed by atoms with Gasteiger partial charge in [0.05, 0.1) is 11.8 Å². The van der Waals surface area contributed by atoms with Crippen molar-refractivity contribution in [2.24, 2.45) is 0 Å². The lowest BCUT2D eigenvalue weighted by atomic mass is 10.2. The quantitative estimate of drug-likeness (QED) is 0.675. The van der Waals surface area contributed by atoms with Crippen molar-refractivity contribution < 1.29 is 13.2 Å². The molecule has 66 valence electrons. The molecule has 0 aliphatic carbocycles. The number of benzene rings is 1. The summed E-state index contributed by atoms with van der Waals surface area (Å²) >= 11 is 0. The molecule has 13 heavy (non-hydrogen) atoms. The lowest BCUT2D eigenvalue weighted by molar-refractivity contribution is 0.554. The van der Waals surface area contributed by atoms with Crippen LogP contribution in [0.4, 0.5) is 8.78 Å². The van der Waals surface area contributed by atoms with Gasteiger partial charge in [-0.3, -0.25) is 0 Å². The van der Waals surface area contributed by atoms with Crippen LogP contribution in [0.3, 0.4) is 0 Å². The number of aromatic nitrogens is 1. The van der Waals surface area contributed by atoms with E-state index in [0.29, 0.717) is 0 Å². The third-order valence-corrected chi connectivity index (χ3v) is 1.59. The predicted molar refractivity (Wildman–Crippen MR) is 41.9 cm³/mol. The van der Waals surface area contributed by atoms with E-state index in [1.165, 1.54) is 18.5 Å². The van der Waals surface area contributed by atoms with Crippen molar-refractivity contribution in [3.05, 3.63) is 42.3 Å². The second-order valence-electron chi connectivity index (χ2n) is 2.46. The van der Waals surface area contributed by atoms with E-state index in [2.05, 4.69) is 4.98 Å². The molecule has 0 N–H and O–H groups in total. The van der Waals surface area contributed by atoms with Gasteiger partial charge in [0.1, 0.15) is 17.9 Å². The van der Waals surface area contributed by atoms with E-state index in [-0.39, 0.29) is 11.5 Å². The third kappa shape index (κ3) is 1.42. The van der Waals surface area contributed by atoms with Crippen LogP contribution in [-0.2, 0) is 0 Å². The molecule has 0 radical (unpaired) electrons. The zero-order valence-electron chi connectivity index (χ0n) is 6.50. The minimum Gasteiger partial charge on any atom is -0.444 e. The molecule has 1 heterocycles. The van der Waals surface area contributed by atoms with Gasteiger partial charge in [0.2, 0.25) is 5.89 Å². The first-order valence-corrected chi connectivity index (χ1v) is 3.62. The zero-order chi connectivity index (χ0) is 9.26. The summed E-state index contributed by atoms with van der Waals surface area (Å²) in [6.45, 7) is 0. The first-order valence-electron chi connectivity index (χ1n) is 3.62. The molecule has 0 fully saturated rings. The van der Waals surface area contributed by atoms with Gasteiger partial charge in [-0.15, -0.1) is 0 Å². The zero-order valence-corrected chi connectivity index (χ0v) is 6.50. The molecule has 1 aromatic heterocycles. The van der Waals surface area contributed by atoms with Crippen molar-refractivity contribution in [3.8, 4) is 11.5 Å². The van der Waals surface area contributed by atoms with E-state index in [1.807, 2.05) is 0 Å². The van der Waals surface area contributed by atoms with Crippen LogP contribution in [0.2, 0.25) is 0 Å². The highest BCUT2D eigenvalue weighted by Gasteiger charge is 2.09. The number of hydrogen-bond acceptors (Lipinski definition) is 2. The molecule has 0 saturated carbocycles. The van der Waals surface area contributed by atoms with Gasteiger partial charge in [-0.25, -0.2) is 13.8 Å². The number of halogens is 2. The van der Waals surface area contributed by atoms with Crippen molar-refractivity contribution in [2.75, 3.05) is 0 Å². The third-order valence-electron chi connectivity index (χ3n) is 1.59. The van der Waals surface area contributed by atoms with Crippen LogP contribution >= 0.6 is 0 Å². The number of hydrogen-bond donors (Lipinski definition) is 0. The maximum atomic E-state index is 13.1. The molecule has 0 amide bonds. The average Bonchev–Trinajstić information content (AvgIpc) is 2.56. The average molecular weight is 181 g/mol. The summed E-state index contributed by atoms with van der Waals surface area (Å²) in [6, 6.07) is 3.23. The van der Waals surface area contributed by atoms with Crippen LogP contribution in [0.1, 0.15) is 0 Å². The van der Waals surface area contributed by atoms with E-state index in [0.717, 1.165) is 12.1 Å². The molecule has 0 bridgehead atoms. The molecule has 0 spiro atoms. The standard InChI is InChI=1S/C9H5F2NO/c10-6-1-2-7(8(11)5-6)9-12-3-4-13-9/h1-5H. The van der Waals surface area contributed by atoms with Gasteiger partial charge in [-0.05, 0) is 12.1 Å². The molecule has 2 aromatic rings. The SMILES string of the molecule is Fc1ccc(-c2ncco2)c(F)c1. The smallest absolute Gasteiger partial charge is 0.228 e. The van der Waals surface area contributed by atoms with Gasteiger partial charge in [0.15, 0.2) is 0 Å². The van der Waals surface area contributed by atoms with Crippen molar-refractivity contribution in [2.45, 2.75) is 0 Å². The molecule has 1 aromatic carbocycles. The molecular formula is C9H5F2NO. The lowest BCUT2D eigenvalue weighted by Gasteiger charge is -1.96. The van der Waals surface area contributed by atoms with Gasteiger partial charge in [0, 0.05) is 6.07 Å². The van der Waals surface area contributed by atoms with Crippen molar-refractivity contribution in [3.63, 3.8) is 0 Å². The highest BCUT2D eigenvalue weighted by atomic mass is 19.1. The van der Waals surface area contributed by atoms with Crippen molar-refractivity contribution in [1.29, 1.82) is 0 Å². The Bertz CT molecular complexity index is 412. The largest absolute Gasteiger partial charge is 0.444 e. The summed E-state index contributed by atoms with van der Waals surface area (Å²) in [7, 11) is 0. The van der Waals surface area contributed by atoms with Crippen molar-refractivity contribution >= 4 is 0 Å². The molecule has 0 aliphatic heterocycles. The number of oxazole rings is 1. The van der Waals surface area contributed by atoms with Crippen molar-refractivity contribution in [1.82, 2.24) is 4.98 Å². The lowest BCUT2D eigenvalue weighted by Crippen LogP contribution is -1.85. The van der Waals surface area contributed by atoms with E-state index in [9.17, 15) is 8.78 Å². The second kappa shape index (κ2) is 2.97. The van der Waals surface area contributed by atoms with Crippen LogP contribution in [0.5, 0.6) is 0 Å². The van der Waals surface area contributed by atoms with Crippen LogP contribution in [0.25, 0.3) is 11.5 Å². The topological polar surface area (TPSA) is 26.0 Å². The summed E-state index contributed by atoms with van der Waals surface area (Å²) in [5, 5.41) is 0. The highest BCUT2D eigenvalue weighted by Crippen LogP contribution is 2.21. The minimum atomic E-state index is -0.678. The van der Waals surface area contributed by atoms with Crippen LogP contribution in [0, 0.1) is 11.6 Å². The molecule has 0 atom stereocenters. The maximum Gasteiger partial charge on any atom is 0.228 e. The van der Waals surface area contributed by atoms with E-state index < -0.39 is 11.6 Å². The second-order valence-corrected chi connectivity index (χ2v) is 2.46. The predicted octanol–water partition coefficient (Wildman–Crippen LogP) is 2.62. The van der Waals surface area contributed by atoms with Gasteiger partial charge in [-0.1, -0.05) is 0 Å². The Morgan fingerprint density at radius 2 is 2.08 bits per heavy atom. The Morgan fingerprint density at radius 1 is 1.23 bits per heavy atom. The van der Waals surface area contributed by atoms with Crippen LogP contribution < -0.4 is 0 Å². The molecule has 0 aliphatic rings. The summed E-state index contributed by atoms with van der Waals surface area (Å²) in [4.78, 5) is 3.75. The minimum absolute atomic E-state index is 0.150. The molecule has 2 nitrogen and oxygen atoms in total. The molecule has 4 heteroatoms. The first-order chi connectivity index (χ1) is 6.27. The molecule has 2 rings (SSSR count). The number of nitrogens with zero attached hydrogens (tertiary/aromatic N) is 1. The monoisotopic (exact) mass is 181 g/mol. The Labute approximate surface area is 72.8 Å². The molecule has 0 saturated heterocycles. The summed E-state index contributed by atoms with van der Waals surface area (Å²) in [6.07, 6.45) is 2.73. The van der Waals surface area contributed by atoms with E-state index in [4.69, 9.17) is 4.42 Å². The Kier molecular flexibility index (Phi) is 1.81. The van der Waals surface area contributed by atoms with Gasteiger partial charge in [-0.2, -0.15) is 0 Å². The summed E-state index contributed by atoms with van der Waals surface area (Å²) in [5.41, 5.74) is 0.159. The Hall–Kier alpha value is -1.71. The molecule has 0 unspecified atom stereocenters. The van der Waals surface area contributed by atoms with Crippen LogP contribution in [0.15, 0.2) is 35.1 Å². The fourth-order valence-electron chi connectivity index (χ4n) is 1.02. The van der Waals surface area contributed by atoms with E-state index in [1.54, 1.807) is 0 Å². The van der Waals surface area contributed by atoms with Gasteiger partial charge < -0.3 is 4.42 Å². The summed E-state index contributed by atoms with van der Waals surface area (Å²) < 4.78 is 30.4. The van der Waals surface area contributed by atoms with E-state index >= 15 is 0 Å².